The van der Waals surface area contributed by atoms with E-state index in [1.165, 1.54) is 0 Å². The van der Waals surface area contributed by atoms with Crippen LogP contribution in [0.2, 0.25) is 0 Å². The minimum absolute atomic E-state index is 0.189. The summed E-state index contributed by atoms with van der Waals surface area (Å²) in [5, 5.41) is 5.40. The molecule has 0 saturated carbocycles. The fraction of sp³-hybridized carbons (Fsp3) is 0.412. The van der Waals surface area contributed by atoms with E-state index in [1.807, 2.05) is 26.0 Å². The van der Waals surface area contributed by atoms with E-state index in [4.69, 9.17) is 9.47 Å². The first-order valence-corrected chi connectivity index (χ1v) is 7.59. The van der Waals surface area contributed by atoms with E-state index >= 15 is 0 Å². The zero-order valence-corrected chi connectivity index (χ0v) is 13.8. The number of benzene rings is 1. The Morgan fingerprint density at radius 3 is 2.78 bits per heavy atom. The molecule has 1 aliphatic heterocycles. The summed E-state index contributed by atoms with van der Waals surface area (Å²) in [7, 11) is 1.57. The van der Waals surface area contributed by atoms with Gasteiger partial charge in [-0.15, -0.1) is 0 Å². The van der Waals surface area contributed by atoms with Gasteiger partial charge in [0, 0.05) is 5.70 Å². The molecule has 0 aliphatic carbocycles. The lowest BCUT2D eigenvalue weighted by Gasteiger charge is -2.29. The average Bonchev–Trinajstić information content (AvgIpc) is 2.53. The molecule has 0 unspecified atom stereocenters. The van der Waals surface area contributed by atoms with Crippen molar-refractivity contribution in [2.45, 2.75) is 39.3 Å². The van der Waals surface area contributed by atoms with Crippen LogP contribution in [0.4, 0.5) is 4.79 Å². The molecule has 2 rings (SSSR count). The van der Waals surface area contributed by atoms with Crippen LogP contribution in [0, 0.1) is 0 Å². The number of urea groups is 1. The lowest BCUT2D eigenvalue weighted by molar-refractivity contribution is -0.144. The van der Waals surface area contributed by atoms with E-state index < -0.39 is 12.0 Å². The molecule has 2 atom stereocenters. The molecule has 0 fully saturated rings. The van der Waals surface area contributed by atoms with Crippen LogP contribution in [0.15, 0.2) is 35.5 Å². The molecule has 0 bridgehead atoms. The Morgan fingerprint density at radius 2 is 2.13 bits per heavy atom. The minimum atomic E-state index is -0.574. The smallest absolute Gasteiger partial charge is 0.338 e. The van der Waals surface area contributed by atoms with Gasteiger partial charge in [0.25, 0.3) is 0 Å². The predicted octanol–water partition coefficient (Wildman–Crippen LogP) is 2.66. The second kappa shape index (κ2) is 7.17. The van der Waals surface area contributed by atoms with Crippen LogP contribution in [0.25, 0.3) is 0 Å². The lowest BCUT2D eigenvalue weighted by atomic mass is 9.95. The van der Waals surface area contributed by atoms with Crippen LogP contribution < -0.4 is 15.4 Å². The molecule has 0 saturated heterocycles. The third-order valence-electron chi connectivity index (χ3n) is 3.80. The van der Waals surface area contributed by atoms with Crippen LogP contribution in [-0.4, -0.2) is 25.2 Å². The Kier molecular flexibility index (Phi) is 5.26. The van der Waals surface area contributed by atoms with Gasteiger partial charge in [-0.25, -0.2) is 9.59 Å². The molecular formula is C17H22N2O4. The SMILES string of the molecule is CC[C@H](C)OC(=O)C1=C(C)NC(=O)N[C@H]1c1cccc(OC)c1. The second-order valence-electron chi connectivity index (χ2n) is 5.47. The molecule has 2 N–H and O–H groups in total. The van der Waals surface area contributed by atoms with Crippen molar-refractivity contribution in [3.05, 3.63) is 41.1 Å². The predicted molar refractivity (Wildman–Crippen MR) is 85.9 cm³/mol. The first-order valence-electron chi connectivity index (χ1n) is 7.59. The van der Waals surface area contributed by atoms with Gasteiger partial charge in [-0.05, 0) is 38.0 Å². The third kappa shape index (κ3) is 3.83. The number of hydrogen-bond donors (Lipinski definition) is 2. The fourth-order valence-electron chi connectivity index (χ4n) is 2.37. The van der Waals surface area contributed by atoms with Crippen molar-refractivity contribution in [2.24, 2.45) is 0 Å². The molecule has 0 radical (unpaired) electrons. The van der Waals surface area contributed by atoms with Crippen molar-refractivity contribution in [3.63, 3.8) is 0 Å². The molecule has 1 aliphatic rings. The second-order valence-corrected chi connectivity index (χ2v) is 5.47. The normalized spacial score (nSPS) is 18.8. The molecule has 23 heavy (non-hydrogen) atoms. The highest BCUT2D eigenvalue weighted by atomic mass is 16.5. The summed E-state index contributed by atoms with van der Waals surface area (Å²) >= 11 is 0. The third-order valence-corrected chi connectivity index (χ3v) is 3.80. The molecule has 6 heteroatoms. The highest BCUT2D eigenvalue weighted by molar-refractivity contribution is 5.95. The molecule has 0 aromatic heterocycles. The summed E-state index contributed by atoms with van der Waals surface area (Å²) in [5.74, 6) is 0.222. The van der Waals surface area contributed by atoms with Crippen molar-refractivity contribution < 1.29 is 19.1 Å². The maximum absolute atomic E-state index is 12.5. The summed E-state index contributed by atoms with van der Waals surface area (Å²) in [4.78, 5) is 24.3. The van der Waals surface area contributed by atoms with E-state index in [-0.39, 0.29) is 12.1 Å². The van der Waals surface area contributed by atoms with Gasteiger partial charge in [-0.1, -0.05) is 19.1 Å². The fourth-order valence-corrected chi connectivity index (χ4v) is 2.37. The van der Waals surface area contributed by atoms with Gasteiger partial charge in [-0.3, -0.25) is 0 Å². The van der Waals surface area contributed by atoms with Gasteiger partial charge in [0.05, 0.1) is 24.8 Å². The molecule has 1 heterocycles. The largest absolute Gasteiger partial charge is 0.497 e. The first-order chi connectivity index (χ1) is 11.0. The Labute approximate surface area is 135 Å². The van der Waals surface area contributed by atoms with E-state index in [1.54, 1.807) is 26.2 Å². The number of ether oxygens (including phenoxy) is 2. The molecule has 1 aromatic carbocycles. The summed E-state index contributed by atoms with van der Waals surface area (Å²) in [5.41, 5.74) is 1.66. The van der Waals surface area contributed by atoms with Crippen LogP contribution in [0.1, 0.15) is 38.8 Å². The van der Waals surface area contributed by atoms with E-state index in [2.05, 4.69) is 10.6 Å². The number of rotatable bonds is 5. The quantitative estimate of drug-likeness (QED) is 0.818. The van der Waals surface area contributed by atoms with Gasteiger partial charge in [0.1, 0.15) is 5.75 Å². The monoisotopic (exact) mass is 318 g/mol. The maximum Gasteiger partial charge on any atom is 0.338 e. The average molecular weight is 318 g/mol. The topological polar surface area (TPSA) is 76.7 Å². The minimum Gasteiger partial charge on any atom is -0.497 e. The number of esters is 1. The van der Waals surface area contributed by atoms with Crippen LogP contribution in [-0.2, 0) is 9.53 Å². The van der Waals surface area contributed by atoms with Gasteiger partial charge in [-0.2, -0.15) is 0 Å². The van der Waals surface area contributed by atoms with Gasteiger partial charge in [0.2, 0.25) is 0 Å². The summed E-state index contributed by atoms with van der Waals surface area (Å²) in [6.45, 7) is 5.47. The zero-order valence-electron chi connectivity index (χ0n) is 13.8. The standard InChI is InChI=1S/C17H22N2O4/c1-5-10(2)23-16(20)14-11(3)18-17(21)19-15(14)12-7-6-8-13(9-12)22-4/h6-10,15H,5H2,1-4H3,(H2,18,19,21)/t10-,15-/m0/s1. The van der Waals surface area contributed by atoms with E-state index in [0.717, 1.165) is 12.0 Å². The summed E-state index contributed by atoms with van der Waals surface area (Å²) in [6.07, 6.45) is 0.535. The van der Waals surface area contributed by atoms with Crippen molar-refractivity contribution in [2.75, 3.05) is 7.11 Å². The number of carbonyl (C=O) groups excluding carboxylic acids is 2. The molecule has 0 spiro atoms. The van der Waals surface area contributed by atoms with Crippen LogP contribution in [0.5, 0.6) is 5.75 Å². The maximum atomic E-state index is 12.5. The Morgan fingerprint density at radius 1 is 1.39 bits per heavy atom. The van der Waals surface area contributed by atoms with Gasteiger partial charge in [0.15, 0.2) is 0 Å². The van der Waals surface area contributed by atoms with Crippen molar-refractivity contribution in [1.82, 2.24) is 10.6 Å². The van der Waals surface area contributed by atoms with Crippen molar-refractivity contribution >= 4 is 12.0 Å². The van der Waals surface area contributed by atoms with Gasteiger partial charge < -0.3 is 20.1 Å². The van der Waals surface area contributed by atoms with Crippen molar-refractivity contribution in [1.29, 1.82) is 0 Å². The van der Waals surface area contributed by atoms with E-state index in [0.29, 0.717) is 17.0 Å². The number of methoxy groups -OCH3 is 1. The number of hydrogen-bond acceptors (Lipinski definition) is 4. The molecule has 2 amide bonds. The summed E-state index contributed by atoms with van der Waals surface area (Å²) in [6, 6.07) is 6.32. The number of carbonyl (C=O) groups is 2. The summed E-state index contributed by atoms with van der Waals surface area (Å²) < 4.78 is 10.7. The molecular weight excluding hydrogens is 296 g/mol. The Balaban J connectivity index is 2.39. The Hall–Kier alpha value is -2.50. The number of amides is 2. The highest BCUT2D eigenvalue weighted by Gasteiger charge is 2.32. The van der Waals surface area contributed by atoms with Crippen molar-refractivity contribution in [3.8, 4) is 5.75 Å². The number of nitrogens with one attached hydrogen (secondary N) is 2. The first kappa shape index (κ1) is 16.9. The molecule has 1 aromatic rings. The van der Waals surface area contributed by atoms with E-state index in [9.17, 15) is 9.59 Å². The van der Waals surface area contributed by atoms with Crippen LogP contribution in [0.3, 0.4) is 0 Å². The Bertz CT molecular complexity index is 639. The zero-order chi connectivity index (χ0) is 17.0. The lowest BCUT2D eigenvalue weighted by Crippen LogP contribution is -2.45. The number of allylic oxidation sites excluding steroid dienone is 1. The van der Waals surface area contributed by atoms with Gasteiger partial charge >= 0.3 is 12.0 Å². The molecule has 124 valence electrons. The highest BCUT2D eigenvalue weighted by Crippen LogP contribution is 2.29. The molecule has 6 nitrogen and oxygen atoms in total. The van der Waals surface area contributed by atoms with Crippen LogP contribution >= 0.6 is 0 Å².